The molecular formula is C28H50N2O6. The average Bonchev–Trinajstić information content (AvgIpc) is 2.77. The molecule has 1 heterocycles. The third-order valence-electron chi connectivity index (χ3n) is 6.93. The summed E-state index contributed by atoms with van der Waals surface area (Å²) < 4.78 is 11.6. The number of amides is 2. The van der Waals surface area contributed by atoms with Gasteiger partial charge >= 0.3 is 5.97 Å². The molecule has 1 aliphatic heterocycles. The summed E-state index contributed by atoms with van der Waals surface area (Å²) in [5.74, 6) is -2.50. The van der Waals surface area contributed by atoms with Crippen molar-refractivity contribution in [3.63, 3.8) is 0 Å². The number of rotatable bonds is 16. The molecule has 0 aromatic rings. The molecule has 0 bridgehead atoms. The number of allylic oxidation sites excluding steroid dienone is 1. The third-order valence-corrected chi connectivity index (χ3v) is 6.93. The molecule has 0 aromatic carbocycles. The number of carboxylic acid groups (broad SMARTS) is 1. The van der Waals surface area contributed by atoms with Gasteiger partial charge in [0.05, 0.1) is 19.1 Å². The van der Waals surface area contributed by atoms with Gasteiger partial charge in [0.15, 0.2) is 5.79 Å². The van der Waals surface area contributed by atoms with Gasteiger partial charge in [-0.25, -0.2) is 0 Å². The van der Waals surface area contributed by atoms with Gasteiger partial charge in [-0.2, -0.15) is 0 Å². The first-order chi connectivity index (χ1) is 16.6. The minimum absolute atomic E-state index is 0.130. The van der Waals surface area contributed by atoms with E-state index in [1.54, 1.807) is 13.8 Å². The molecular weight excluding hydrogens is 460 g/mol. The standard InChI is InChI=1S/C28H50N2O6/c1-9-11-12-13-14-15-16-17-26(3,4)25(34)30-20(10-2)21(18-22(31)32)29-24(33)23-27(5,6)19-35-28(7,8)36-23/h9,20-21,23H,1,10-19H2,2-8H3,(H,29,33)(H,30,34)(H,31,32). The number of unbranched alkanes of at least 4 members (excludes halogenated alkanes) is 5. The van der Waals surface area contributed by atoms with Gasteiger partial charge in [0.2, 0.25) is 11.8 Å². The predicted octanol–water partition coefficient (Wildman–Crippen LogP) is 4.96. The van der Waals surface area contributed by atoms with Gasteiger partial charge in [-0.1, -0.05) is 66.4 Å². The van der Waals surface area contributed by atoms with Crippen molar-refractivity contribution in [2.24, 2.45) is 10.8 Å². The summed E-state index contributed by atoms with van der Waals surface area (Å²) in [6.45, 7) is 17.0. The molecule has 2 amide bonds. The second-order valence-electron chi connectivity index (χ2n) is 11.9. The molecule has 1 rings (SSSR count). The Labute approximate surface area is 218 Å². The Morgan fingerprint density at radius 2 is 1.67 bits per heavy atom. The van der Waals surface area contributed by atoms with Crippen LogP contribution < -0.4 is 10.6 Å². The van der Waals surface area contributed by atoms with E-state index < -0.39 is 46.7 Å². The van der Waals surface area contributed by atoms with E-state index in [0.29, 0.717) is 13.0 Å². The molecule has 0 aliphatic carbocycles. The van der Waals surface area contributed by atoms with Crippen LogP contribution in [0.2, 0.25) is 0 Å². The van der Waals surface area contributed by atoms with Crippen molar-refractivity contribution in [2.75, 3.05) is 6.61 Å². The van der Waals surface area contributed by atoms with Crippen LogP contribution in [0.1, 0.15) is 106 Å². The maximum Gasteiger partial charge on any atom is 0.305 e. The van der Waals surface area contributed by atoms with Crippen LogP contribution in [0.25, 0.3) is 0 Å². The first-order valence-corrected chi connectivity index (χ1v) is 13.4. The lowest BCUT2D eigenvalue weighted by molar-refractivity contribution is -0.304. The van der Waals surface area contributed by atoms with Crippen molar-refractivity contribution in [1.82, 2.24) is 10.6 Å². The molecule has 3 atom stereocenters. The van der Waals surface area contributed by atoms with Gasteiger partial charge in [0.1, 0.15) is 6.10 Å². The van der Waals surface area contributed by atoms with Crippen LogP contribution in [-0.4, -0.2) is 53.5 Å². The number of aliphatic carboxylic acids is 1. The first-order valence-electron chi connectivity index (χ1n) is 13.4. The highest BCUT2D eigenvalue weighted by atomic mass is 16.7. The summed E-state index contributed by atoms with van der Waals surface area (Å²) in [4.78, 5) is 38.1. The van der Waals surface area contributed by atoms with E-state index in [1.807, 2.05) is 40.7 Å². The van der Waals surface area contributed by atoms with E-state index in [0.717, 1.165) is 44.9 Å². The molecule has 36 heavy (non-hydrogen) atoms. The second kappa shape index (κ2) is 14.1. The molecule has 208 valence electrons. The van der Waals surface area contributed by atoms with Crippen LogP contribution in [-0.2, 0) is 23.9 Å². The van der Waals surface area contributed by atoms with E-state index in [4.69, 9.17) is 9.47 Å². The Morgan fingerprint density at radius 1 is 1.06 bits per heavy atom. The third kappa shape index (κ3) is 10.6. The van der Waals surface area contributed by atoms with Gasteiger partial charge in [-0.05, 0) is 39.5 Å². The second-order valence-corrected chi connectivity index (χ2v) is 11.9. The molecule has 1 aliphatic rings. The Kier molecular flexibility index (Phi) is 12.6. The number of hydrogen-bond donors (Lipinski definition) is 3. The van der Waals surface area contributed by atoms with E-state index in [9.17, 15) is 19.5 Å². The quantitative estimate of drug-likeness (QED) is 0.200. The van der Waals surface area contributed by atoms with E-state index in [2.05, 4.69) is 17.2 Å². The Morgan fingerprint density at radius 3 is 2.25 bits per heavy atom. The average molecular weight is 511 g/mol. The minimum Gasteiger partial charge on any atom is -0.481 e. The number of carbonyl (C=O) groups excluding carboxylic acids is 2. The van der Waals surface area contributed by atoms with E-state index >= 15 is 0 Å². The topological polar surface area (TPSA) is 114 Å². The minimum atomic E-state index is -1.05. The Hall–Kier alpha value is -1.93. The number of nitrogens with one attached hydrogen (secondary N) is 2. The Bertz CT molecular complexity index is 746. The molecule has 1 fully saturated rings. The van der Waals surface area contributed by atoms with Crippen LogP contribution in [0, 0.1) is 10.8 Å². The lowest BCUT2D eigenvalue weighted by Crippen LogP contribution is -2.61. The fourth-order valence-electron chi connectivity index (χ4n) is 4.41. The SMILES string of the molecule is C=CCCCCCCCC(C)(C)C(=O)NC(CC)C(CC(=O)O)NC(=O)C1OC(C)(C)OCC1(C)C. The van der Waals surface area contributed by atoms with Crippen LogP contribution >= 0.6 is 0 Å². The Balaban J connectivity index is 2.82. The number of carbonyl (C=O) groups is 3. The monoisotopic (exact) mass is 510 g/mol. The zero-order chi connectivity index (χ0) is 27.6. The molecule has 0 aromatic heterocycles. The summed E-state index contributed by atoms with van der Waals surface area (Å²) in [5, 5.41) is 15.4. The maximum absolute atomic E-state index is 13.3. The summed E-state index contributed by atoms with van der Waals surface area (Å²) in [6.07, 6.45) is 8.55. The highest BCUT2D eigenvalue weighted by Crippen LogP contribution is 2.35. The van der Waals surface area contributed by atoms with Gasteiger partial charge in [-0.15, -0.1) is 6.58 Å². The first kappa shape index (κ1) is 32.1. The van der Waals surface area contributed by atoms with Crippen LogP contribution in [0.15, 0.2) is 12.7 Å². The molecule has 0 spiro atoms. The normalized spacial score (nSPS) is 20.7. The number of hydrogen-bond acceptors (Lipinski definition) is 5. The van der Waals surface area contributed by atoms with Crippen molar-refractivity contribution in [3.05, 3.63) is 12.7 Å². The highest BCUT2D eigenvalue weighted by Gasteiger charge is 2.46. The molecule has 3 unspecified atom stereocenters. The van der Waals surface area contributed by atoms with Crippen molar-refractivity contribution in [2.45, 2.75) is 130 Å². The molecule has 1 saturated heterocycles. The van der Waals surface area contributed by atoms with Gasteiger partial charge in [-0.3, -0.25) is 14.4 Å². The fourth-order valence-corrected chi connectivity index (χ4v) is 4.41. The largest absolute Gasteiger partial charge is 0.481 e. The lowest BCUT2D eigenvalue weighted by atomic mass is 9.84. The van der Waals surface area contributed by atoms with Crippen molar-refractivity contribution in [1.29, 1.82) is 0 Å². The van der Waals surface area contributed by atoms with E-state index in [1.165, 1.54) is 0 Å². The smallest absolute Gasteiger partial charge is 0.305 e. The summed E-state index contributed by atoms with van der Waals surface area (Å²) >= 11 is 0. The number of ether oxygens (including phenoxy) is 2. The van der Waals surface area contributed by atoms with E-state index in [-0.39, 0.29) is 12.3 Å². The summed E-state index contributed by atoms with van der Waals surface area (Å²) in [6, 6.07) is -1.29. The summed E-state index contributed by atoms with van der Waals surface area (Å²) in [7, 11) is 0. The predicted molar refractivity (Wildman–Crippen MR) is 141 cm³/mol. The van der Waals surface area contributed by atoms with Gasteiger partial charge in [0, 0.05) is 16.9 Å². The van der Waals surface area contributed by atoms with Crippen molar-refractivity contribution in [3.8, 4) is 0 Å². The van der Waals surface area contributed by atoms with Crippen LogP contribution in [0.5, 0.6) is 0 Å². The lowest BCUT2D eigenvalue weighted by Gasteiger charge is -2.45. The van der Waals surface area contributed by atoms with Crippen molar-refractivity contribution >= 4 is 17.8 Å². The molecule has 3 N–H and O–H groups in total. The molecule has 8 heteroatoms. The molecule has 0 saturated carbocycles. The molecule has 0 radical (unpaired) electrons. The van der Waals surface area contributed by atoms with Gasteiger partial charge in [0.25, 0.3) is 0 Å². The fraction of sp³-hybridized carbons (Fsp3) is 0.821. The highest BCUT2D eigenvalue weighted by molar-refractivity contribution is 5.84. The maximum atomic E-state index is 13.3. The zero-order valence-corrected chi connectivity index (χ0v) is 23.6. The zero-order valence-electron chi connectivity index (χ0n) is 23.6. The summed E-state index contributed by atoms with van der Waals surface area (Å²) in [5.41, 5.74) is -1.19. The van der Waals surface area contributed by atoms with Crippen LogP contribution in [0.4, 0.5) is 0 Å². The van der Waals surface area contributed by atoms with Crippen LogP contribution in [0.3, 0.4) is 0 Å². The molecule has 8 nitrogen and oxygen atoms in total. The van der Waals surface area contributed by atoms with Gasteiger partial charge < -0.3 is 25.2 Å². The number of carboxylic acids is 1. The van der Waals surface area contributed by atoms with Crippen molar-refractivity contribution < 1.29 is 29.0 Å².